The maximum atomic E-state index is 11.5. The highest BCUT2D eigenvalue weighted by atomic mass is 16.6. The maximum Gasteiger partial charge on any atom is 0.320 e. The maximum absolute atomic E-state index is 11.5. The van der Waals surface area contributed by atoms with Crippen molar-refractivity contribution < 1.29 is 14.3 Å². The Hall–Kier alpha value is -0.610. The Morgan fingerprint density at radius 3 is 2.29 bits per heavy atom. The van der Waals surface area contributed by atoms with Crippen LogP contribution in [0.5, 0.6) is 0 Å². The molecule has 102 valence electrons. The fourth-order valence-corrected chi connectivity index (χ4v) is 1.32. The first-order valence-electron chi connectivity index (χ1n) is 6.29. The van der Waals surface area contributed by atoms with Gasteiger partial charge in [0.1, 0.15) is 5.60 Å². The molecule has 0 amide bonds. The molecule has 0 heterocycles. The van der Waals surface area contributed by atoms with Crippen molar-refractivity contribution in [2.75, 3.05) is 19.8 Å². The second-order valence-corrected chi connectivity index (χ2v) is 5.48. The summed E-state index contributed by atoms with van der Waals surface area (Å²) in [6.45, 7) is 13.3. The van der Waals surface area contributed by atoms with Crippen LogP contribution in [0, 0.1) is 5.92 Å². The van der Waals surface area contributed by atoms with Gasteiger partial charge < -0.3 is 14.8 Å². The number of esters is 1. The Morgan fingerprint density at radius 1 is 1.29 bits per heavy atom. The van der Waals surface area contributed by atoms with E-state index in [1.54, 1.807) is 0 Å². The minimum absolute atomic E-state index is 0.183. The predicted octanol–water partition coefficient (Wildman–Crippen LogP) is 1.98. The molecule has 0 aromatic carbocycles. The van der Waals surface area contributed by atoms with Crippen molar-refractivity contribution in [3.05, 3.63) is 0 Å². The lowest BCUT2D eigenvalue weighted by atomic mass is 10.1. The summed E-state index contributed by atoms with van der Waals surface area (Å²) < 4.78 is 10.6. The van der Waals surface area contributed by atoms with E-state index in [1.165, 1.54) is 0 Å². The van der Waals surface area contributed by atoms with E-state index in [1.807, 2.05) is 27.7 Å². The number of rotatable bonds is 7. The van der Waals surface area contributed by atoms with Crippen LogP contribution in [0.2, 0.25) is 0 Å². The number of ether oxygens (including phenoxy) is 2. The Morgan fingerprint density at radius 2 is 1.88 bits per heavy atom. The summed E-state index contributed by atoms with van der Waals surface area (Å²) in [5.41, 5.74) is -0.425. The van der Waals surface area contributed by atoms with Crippen molar-refractivity contribution in [3.63, 3.8) is 0 Å². The molecule has 17 heavy (non-hydrogen) atoms. The number of nitrogens with one attached hydrogen (secondary N) is 1. The molecule has 0 aliphatic carbocycles. The molecule has 0 aromatic rings. The fourth-order valence-electron chi connectivity index (χ4n) is 1.32. The summed E-state index contributed by atoms with van der Waals surface area (Å²) in [6, 6.07) is 0.183. The summed E-state index contributed by atoms with van der Waals surface area (Å²) in [5.74, 6) is 0.198. The van der Waals surface area contributed by atoms with Gasteiger partial charge in [0.25, 0.3) is 0 Å². The van der Waals surface area contributed by atoms with Crippen molar-refractivity contribution in [2.45, 2.75) is 53.2 Å². The molecule has 4 heteroatoms. The van der Waals surface area contributed by atoms with E-state index in [2.05, 4.69) is 19.2 Å². The average Bonchev–Trinajstić information content (AvgIpc) is 2.14. The van der Waals surface area contributed by atoms with E-state index >= 15 is 0 Å². The molecule has 4 nitrogen and oxygen atoms in total. The van der Waals surface area contributed by atoms with E-state index in [0.29, 0.717) is 19.1 Å². The zero-order valence-electron chi connectivity index (χ0n) is 12.0. The van der Waals surface area contributed by atoms with Crippen molar-refractivity contribution in [3.8, 4) is 0 Å². The van der Waals surface area contributed by atoms with Gasteiger partial charge in [-0.25, -0.2) is 0 Å². The monoisotopic (exact) mass is 245 g/mol. The van der Waals surface area contributed by atoms with Gasteiger partial charge in [0.2, 0.25) is 0 Å². The lowest BCUT2D eigenvalue weighted by molar-refractivity contribution is -0.153. The van der Waals surface area contributed by atoms with Crippen LogP contribution in [0.15, 0.2) is 0 Å². The first-order valence-corrected chi connectivity index (χ1v) is 6.29. The first kappa shape index (κ1) is 16.4. The van der Waals surface area contributed by atoms with Gasteiger partial charge in [-0.05, 0) is 33.6 Å². The number of carbonyl (C=O) groups is 1. The Labute approximate surface area is 105 Å². The lowest BCUT2D eigenvalue weighted by Crippen LogP contribution is -2.42. The fraction of sp³-hybridized carbons (Fsp3) is 0.923. The lowest BCUT2D eigenvalue weighted by Gasteiger charge is -2.24. The molecule has 0 fully saturated rings. The van der Waals surface area contributed by atoms with Gasteiger partial charge >= 0.3 is 5.97 Å². The van der Waals surface area contributed by atoms with E-state index in [0.717, 1.165) is 0 Å². The molecule has 1 N–H and O–H groups in total. The third-order valence-electron chi connectivity index (χ3n) is 2.23. The molecule has 0 spiro atoms. The van der Waals surface area contributed by atoms with Crippen LogP contribution in [-0.4, -0.2) is 37.4 Å². The highest BCUT2D eigenvalue weighted by Gasteiger charge is 2.18. The third kappa shape index (κ3) is 9.12. The molecule has 0 aliphatic heterocycles. The Balaban J connectivity index is 3.99. The normalized spacial score (nSPS) is 13.8. The molecule has 0 saturated carbocycles. The van der Waals surface area contributed by atoms with Crippen LogP contribution in [0.3, 0.4) is 0 Å². The van der Waals surface area contributed by atoms with Gasteiger partial charge in [-0.15, -0.1) is 0 Å². The van der Waals surface area contributed by atoms with Crippen LogP contribution >= 0.6 is 0 Å². The highest BCUT2D eigenvalue weighted by Crippen LogP contribution is 2.07. The largest absolute Gasteiger partial charge is 0.459 e. The van der Waals surface area contributed by atoms with Gasteiger partial charge in [0.15, 0.2) is 0 Å². The molecule has 0 aromatic heterocycles. The molecular formula is C13H27NO3. The van der Waals surface area contributed by atoms with Crippen LogP contribution in [0.25, 0.3) is 0 Å². The van der Waals surface area contributed by atoms with Gasteiger partial charge in [-0.2, -0.15) is 0 Å². The van der Waals surface area contributed by atoms with Crippen molar-refractivity contribution in [1.82, 2.24) is 5.32 Å². The molecule has 1 unspecified atom stereocenters. The molecule has 0 aliphatic rings. The van der Waals surface area contributed by atoms with Gasteiger partial charge in [-0.1, -0.05) is 13.8 Å². The molecule has 0 bridgehead atoms. The van der Waals surface area contributed by atoms with E-state index in [9.17, 15) is 4.79 Å². The smallest absolute Gasteiger partial charge is 0.320 e. The van der Waals surface area contributed by atoms with Crippen molar-refractivity contribution in [2.24, 2.45) is 5.92 Å². The molecular weight excluding hydrogens is 218 g/mol. The third-order valence-corrected chi connectivity index (χ3v) is 2.23. The van der Waals surface area contributed by atoms with E-state index in [-0.39, 0.29) is 18.6 Å². The summed E-state index contributed by atoms with van der Waals surface area (Å²) >= 11 is 0. The molecule has 0 saturated heterocycles. The molecule has 0 rings (SSSR count). The van der Waals surface area contributed by atoms with Crippen LogP contribution in [0.1, 0.15) is 41.5 Å². The average molecular weight is 245 g/mol. The van der Waals surface area contributed by atoms with Gasteiger partial charge in [0.05, 0.1) is 13.2 Å². The SMILES string of the molecule is CCOCC(NCC(=O)OC(C)(C)C)C(C)C. The second-order valence-electron chi connectivity index (χ2n) is 5.48. The summed E-state index contributed by atoms with van der Waals surface area (Å²) in [5, 5.41) is 3.18. The van der Waals surface area contributed by atoms with Gasteiger partial charge in [0, 0.05) is 12.6 Å². The first-order chi connectivity index (χ1) is 7.76. The van der Waals surface area contributed by atoms with E-state index in [4.69, 9.17) is 9.47 Å². The Kier molecular flexibility index (Phi) is 7.39. The quantitative estimate of drug-likeness (QED) is 0.697. The zero-order valence-corrected chi connectivity index (χ0v) is 12.0. The second kappa shape index (κ2) is 7.67. The van der Waals surface area contributed by atoms with Crippen molar-refractivity contribution >= 4 is 5.97 Å². The Bertz CT molecular complexity index is 221. The minimum atomic E-state index is -0.425. The zero-order chi connectivity index (χ0) is 13.5. The predicted molar refractivity (Wildman–Crippen MR) is 69.0 cm³/mol. The van der Waals surface area contributed by atoms with Gasteiger partial charge in [-0.3, -0.25) is 4.79 Å². The van der Waals surface area contributed by atoms with Crippen LogP contribution < -0.4 is 5.32 Å². The summed E-state index contributed by atoms with van der Waals surface area (Å²) in [4.78, 5) is 11.5. The standard InChI is InChI=1S/C13H27NO3/c1-7-16-9-11(10(2)3)14-8-12(15)17-13(4,5)6/h10-11,14H,7-9H2,1-6H3. The van der Waals surface area contributed by atoms with Crippen molar-refractivity contribution in [1.29, 1.82) is 0 Å². The number of hydrogen-bond donors (Lipinski definition) is 1. The number of hydrogen-bond acceptors (Lipinski definition) is 4. The van der Waals surface area contributed by atoms with Crippen LogP contribution in [-0.2, 0) is 14.3 Å². The topological polar surface area (TPSA) is 47.6 Å². The van der Waals surface area contributed by atoms with E-state index < -0.39 is 5.60 Å². The van der Waals surface area contributed by atoms with Crippen LogP contribution in [0.4, 0.5) is 0 Å². The molecule has 0 radical (unpaired) electrons. The molecule has 1 atom stereocenters. The minimum Gasteiger partial charge on any atom is -0.459 e. The summed E-state index contributed by atoms with van der Waals surface area (Å²) in [7, 11) is 0. The highest BCUT2D eigenvalue weighted by molar-refractivity contribution is 5.72. The summed E-state index contributed by atoms with van der Waals surface area (Å²) in [6.07, 6.45) is 0. The number of carbonyl (C=O) groups excluding carboxylic acids is 1.